The first-order valence-electron chi connectivity index (χ1n) is 11.6. The Labute approximate surface area is 184 Å². The Hall–Kier alpha value is -2.44. The van der Waals surface area contributed by atoms with Gasteiger partial charge in [0.05, 0.1) is 23.9 Å². The van der Waals surface area contributed by atoms with E-state index < -0.39 is 0 Å². The molecule has 2 saturated heterocycles. The molecule has 0 aliphatic carbocycles. The first kappa shape index (κ1) is 20.5. The zero-order chi connectivity index (χ0) is 21.4. The van der Waals surface area contributed by atoms with E-state index in [1.165, 1.54) is 0 Å². The van der Waals surface area contributed by atoms with Gasteiger partial charge < -0.3 is 19.4 Å². The minimum atomic E-state index is 0.110. The van der Waals surface area contributed by atoms with Crippen molar-refractivity contribution in [1.82, 2.24) is 14.7 Å². The Morgan fingerprint density at radius 3 is 2.71 bits per heavy atom. The summed E-state index contributed by atoms with van der Waals surface area (Å²) in [6.45, 7) is 9.31. The SMILES string of the molecule is Cc1cc2cc3c(cc2cc1OCCCN1CCN(C)CC1)N=C[C@@H]1CCCN1C3=O. The number of benzene rings is 2. The standard InChI is InChI=1S/C25H32N4O2/c1-18-13-19-14-22-23(26-17-21-5-3-7-29(21)25(22)30)15-20(19)16-24(18)31-12-4-6-28-10-8-27(2)9-11-28/h13-17,21H,3-12H2,1-2H3/t21-/m0/s1. The first-order valence-corrected chi connectivity index (χ1v) is 11.6. The van der Waals surface area contributed by atoms with Gasteiger partial charge in [-0.15, -0.1) is 0 Å². The number of carbonyl (C=O) groups excluding carboxylic acids is 1. The number of piperazine rings is 1. The fraction of sp³-hybridized carbons (Fsp3) is 0.520. The molecule has 5 rings (SSSR count). The fourth-order valence-electron chi connectivity index (χ4n) is 4.93. The summed E-state index contributed by atoms with van der Waals surface area (Å²) in [4.78, 5) is 24.6. The van der Waals surface area contributed by atoms with Gasteiger partial charge in [0.15, 0.2) is 0 Å². The van der Waals surface area contributed by atoms with Crippen molar-refractivity contribution >= 4 is 28.6 Å². The second-order valence-electron chi connectivity index (χ2n) is 9.17. The van der Waals surface area contributed by atoms with E-state index in [1.54, 1.807) is 0 Å². The molecule has 31 heavy (non-hydrogen) atoms. The number of aryl methyl sites for hydroxylation is 1. The highest BCUT2D eigenvalue weighted by Gasteiger charge is 2.31. The van der Waals surface area contributed by atoms with Gasteiger partial charge in [-0.25, -0.2) is 0 Å². The van der Waals surface area contributed by atoms with Crippen LogP contribution in [0.5, 0.6) is 5.75 Å². The molecule has 6 heteroatoms. The highest BCUT2D eigenvalue weighted by atomic mass is 16.5. The molecule has 2 aromatic rings. The first-order chi connectivity index (χ1) is 15.1. The normalized spacial score (nSPS) is 21.9. The van der Waals surface area contributed by atoms with Crippen LogP contribution in [0.25, 0.3) is 10.8 Å². The third kappa shape index (κ3) is 4.19. The molecule has 0 unspecified atom stereocenters. The number of hydrogen-bond donors (Lipinski definition) is 0. The number of aliphatic imine (C=N–C) groups is 1. The summed E-state index contributed by atoms with van der Waals surface area (Å²) in [6, 6.07) is 8.43. The molecule has 3 aliphatic rings. The summed E-state index contributed by atoms with van der Waals surface area (Å²) >= 11 is 0. The lowest BCUT2D eigenvalue weighted by Gasteiger charge is -2.32. The molecule has 0 bridgehead atoms. The van der Waals surface area contributed by atoms with E-state index in [4.69, 9.17) is 4.74 Å². The topological polar surface area (TPSA) is 48.4 Å². The van der Waals surface area contributed by atoms with E-state index in [0.29, 0.717) is 5.56 Å². The van der Waals surface area contributed by atoms with Crippen molar-refractivity contribution in [3.8, 4) is 5.75 Å². The third-order valence-corrected chi connectivity index (χ3v) is 6.90. The van der Waals surface area contributed by atoms with Crippen LogP contribution in [0.4, 0.5) is 5.69 Å². The highest BCUT2D eigenvalue weighted by molar-refractivity contribution is 6.06. The van der Waals surface area contributed by atoms with E-state index in [2.05, 4.69) is 40.9 Å². The quantitative estimate of drug-likeness (QED) is 0.695. The molecule has 0 spiro atoms. The van der Waals surface area contributed by atoms with Crippen LogP contribution in [0.15, 0.2) is 29.3 Å². The number of likely N-dealkylation sites (N-methyl/N-ethyl adjacent to an activating group) is 1. The largest absolute Gasteiger partial charge is 0.493 e. The number of carbonyl (C=O) groups is 1. The van der Waals surface area contributed by atoms with Crippen LogP contribution < -0.4 is 4.74 Å². The second kappa shape index (κ2) is 8.60. The van der Waals surface area contributed by atoms with E-state index in [-0.39, 0.29) is 11.9 Å². The van der Waals surface area contributed by atoms with E-state index in [1.807, 2.05) is 23.2 Å². The molecule has 2 aromatic carbocycles. The third-order valence-electron chi connectivity index (χ3n) is 6.90. The molecule has 164 valence electrons. The maximum absolute atomic E-state index is 13.1. The Morgan fingerprint density at radius 2 is 1.87 bits per heavy atom. The predicted octanol–water partition coefficient (Wildman–Crippen LogP) is 3.49. The highest BCUT2D eigenvalue weighted by Crippen LogP contribution is 2.34. The fourth-order valence-corrected chi connectivity index (χ4v) is 4.93. The Morgan fingerprint density at radius 1 is 1.06 bits per heavy atom. The number of amides is 1. The van der Waals surface area contributed by atoms with Crippen LogP contribution >= 0.6 is 0 Å². The Kier molecular flexibility index (Phi) is 5.67. The molecule has 0 N–H and O–H groups in total. The van der Waals surface area contributed by atoms with Crippen LogP contribution in [0.2, 0.25) is 0 Å². The van der Waals surface area contributed by atoms with Gasteiger partial charge in [0.25, 0.3) is 5.91 Å². The molecule has 0 radical (unpaired) electrons. The molecule has 3 aliphatic heterocycles. The summed E-state index contributed by atoms with van der Waals surface area (Å²) in [7, 11) is 2.19. The van der Waals surface area contributed by atoms with Crippen molar-refractivity contribution in [2.75, 3.05) is 52.9 Å². The summed E-state index contributed by atoms with van der Waals surface area (Å²) in [5, 5.41) is 2.15. The van der Waals surface area contributed by atoms with Gasteiger partial charge >= 0.3 is 0 Å². The number of rotatable bonds is 5. The van der Waals surface area contributed by atoms with Crippen LogP contribution in [0.3, 0.4) is 0 Å². The number of hydrogen-bond acceptors (Lipinski definition) is 5. The molecule has 0 aromatic heterocycles. The van der Waals surface area contributed by atoms with Gasteiger partial charge in [-0.1, -0.05) is 0 Å². The average molecular weight is 421 g/mol. The summed E-state index contributed by atoms with van der Waals surface area (Å²) in [6.07, 6.45) is 5.04. The minimum absolute atomic E-state index is 0.110. The monoisotopic (exact) mass is 420 g/mol. The van der Waals surface area contributed by atoms with Crippen LogP contribution in [0, 0.1) is 6.92 Å². The van der Waals surface area contributed by atoms with Crippen molar-refractivity contribution in [2.24, 2.45) is 4.99 Å². The Bertz CT molecular complexity index is 1010. The van der Waals surface area contributed by atoms with Crippen molar-refractivity contribution in [2.45, 2.75) is 32.2 Å². The summed E-state index contributed by atoms with van der Waals surface area (Å²) < 4.78 is 6.16. The predicted molar refractivity (Wildman–Crippen MR) is 125 cm³/mol. The van der Waals surface area contributed by atoms with Gasteiger partial charge in [-0.3, -0.25) is 9.79 Å². The number of nitrogens with zero attached hydrogens (tertiary/aromatic N) is 4. The summed E-state index contributed by atoms with van der Waals surface area (Å²) in [5.74, 6) is 1.04. The lowest BCUT2D eigenvalue weighted by molar-refractivity contribution is 0.0775. The van der Waals surface area contributed by atoms with Crippen molar-refractivity contribution in [3.63, 3.8) is 0 Å². The van der Waals surface area contributed by atoms with Crippen molar-refractivity contribution < 1.29 is 9.53 Å². The number of fused-ring (bicyclic) bond motifs is 3. The van der Waals surface area contributed by atoms with Gasteiger partial charge in [0.1, 0.15) is 5.75 Å². The smallest absolute Gasteiger partial charge is 0.256 e. The zero-order valence-corrected chi connectivity index (χ0v) is 18.6. The number of ether oxygens (including phenoxy) is 1. The van der Waals surface area contributed by atoms with Gasteiger partial charge in [-0.05, 0) is 73.8 Å². The van der Waals surface area contributed by atoms with E-state index >= 15 is 0 Å². The summed E-state index contributed by atoms with van der Waals surface area (Å²) in [5.41, 5.74) is 2.60. The molecule has 2 fully saturated rings. The maximum atomic E-state index is 13.1. The van der Waals surface area contributed by atoms with Gasteiger partial charge in [-0.2, -0.15) is 0 Å². The van der Waals surface area contributed by atoms with Crippen molar-refractivity contribution in [1.29, 1.82) is 0 Å². The molecule has 3 heterocycles. The lowest BCUT2D eigenvalue weighted by atomic mass is 10.0. The van der Waals surface area contributed by atoms with Gasteiger partial charge in [0, 0.05) is 45.5 Å². The minimum Gasteiger partial charge on any atom is -0.493 e. The van der Waals surface area contributed by atoms with Crippen LogP contribution in [-0.4, -0.2) is 85.8 Å². The second-order valence-corrected chi connectivity index (χ2v) is 9.17. The lowest BCUT2D eigenvalue weighted by Crippen LogP contribution is -2.44. The van der Waals surface area contributed by atoms with E-state index in [0.717, 1.165) is 92.9 Å². The average Bonchev–Trinajstić information content (AvgIpc) is 3.20. The molecule has 1 atom stereocenters. The molecule has 1 amide bonds. The van der Waals surface area contributed by atoms with Crippen molar-refractivity contribution in [3.05, 3.63) is 35.4 Å². The van der Waals surface area contributed by atoms with Crippen LogP contribution in [-0.2, 0) is 0 Å². The Balaban J connectivity index is 1.30. The molecular formula is C25H32N4O2. The molecule has 0 saturated carbocycles. The maximum Gasteiger partial charge on any atom is 0.256 e. The van der Waals surface area contributed by atoms with Crippen LogP contribution in [0.1, 0.15) is 35.2 Å². The zero-order valence-electron chi connectivity index (χ0n) is 18.6. The molecular weight excluding hydrogens is 388 g/mol. The molecule has 6 nitrogen and oxygen atoms in total. The van der Waals surface area contributed by atoms with E-state index in [9.17, 15) is 4.79 Å². The van der Waals surface area contributed by atoms with Gasteiger partial charge in [0.2, 0.25) is 0 Å².